The smallest absolute Gasteiger partial charge is 0.311 e. The van der Waals surface area contributed by atoms with Gasteiger partial charge < -0.3 is 15.6 Å². The van der Waals surface area contributed by atoms with Crippen molar-refractivity contribution in [2.45, 2.75) is 0 Å². The Hall–Kier alpha value is -2.87. The zero-order chi connectivity index (χ0) is 15.4. The van der Waals surface area contributed by atoms with Gasteiger partial charge in [0.05, 0.1) is 4.92 Å². The number of benzene rings is 1. The Bertz CT molecular complexity index is 659. The summed E-state index contributed by atoms with van der Waals surface area (Å²) in [5.74, 6) is 5.76. The van der Waals surface area contributed by atoms with Gasteiger partial charge in [0.2, 0.25) is 5.82 Å². The average Bonchev–Trinajstić information content (AvgIpc) is 2.47. The quantitative estimate of drug-likeness (QED) is 0.439. The summed E-state index contributed by atoms with van der Waals surface area (Å²) in [7, 11) is 3.83. The van der Waals surface area contributed by atoms with Gasteiger partial charge in [0.25, 0.3) is 0 Å². The molecule has 0 aliphatic heterocycles. The third-order valence-corrected chi connectivity index (χ3v) is 2.84. The fourth-order valence-corrected chi connectivity index (χ4v) is 1.77. The fourth-order valence-electron chi connectivity index (χ4n) is 1.77. The van der Waals surface area contributed by atoms with E-state index in [1.165, 1.54) is 12.1 Å². The van der Waals surface area contributed by atoms with E-state index in [0.717, 1.165) is 5.69 Å². The molecule has 110 valence electrons. The van der Waals surface area contributed by atoms with Gasteiger partial charge in [-0.1, -0.05) is 6.07 Å². The van der Waals surface area contributed by atoms with Crippen LogP contribution in [-0.4, -0.2) is 24.0 Å². The van der Waals surface area contributed by atoms with Crippen LogP contribution in [0.3, 0.4) is 0 Å². The van der Waals surface area contributed by atoms with Gasteiger partial charge in [-0.05, 0) is 24.3 Å². The largest absolute Gasteiger partial charge is 0.378 e. The van der Waals surface area contributed by atoms with Crippen molar-refractivity contribution in [3.63, 3.8) is 0 Å². The SMILES string of the molecule is CN(C)c1cccc(Nc2nc(NN)ccc2[N+](=O)[O-])c1. The monoisotopic (exact) mass is 288 g/mol. The minimum atomic E-state index is -0.495. The van der Waals surface area contributed by atoms with E-state index in [4.69, 9.17) is 5.84 Å². The summed E-state index contributed by atoms with van der Waals surface area (Å²) < 4.78 is 0. The lowest BCUT2D eigenvalue weighted by molar-refractivity contribution is -0.384. The van der Waals surface area contributed by atoms with Crippen LogP contribution in [0.1, 0.15) is 0 Å². The zero-order valence-electron chi connectivity index (χ0n) is 11.7. The number of nitrogens with one attached hydrogen (secondary N) is 2. The second kappa shape index (κ2) is 6.06. The summed E-state index contributed by atoms with van der Waals surface area (Å²) in [6.45, 7) is 0. The molecule has 2 aromatic rings. The molecule has 0 saturated heterocycles. The summed E-state index contributed by atoms with van der Waals surface area (Å²) in [4.78, 5) is 16.6. The Balaban J connectivity index is 2.38. The molecule has 0 atom stereocenters. The number of rotatable bonds is 5. The molecular formula is C13H16N6O2. The van der Waals surface area contributed by atoms with E-state index in [1.54, 1.807) is 6.07 Å². The minimum Gasteiger partial charge on any atom is -0.378 e. The molecule has 0 fully saturated rings. The molecule has 1 aromatic heterocycles. The van der Waals surface area contributed by atoms with Crippen molar-refractivity contribution in [1.29, 1.82) is 0 Å². The van der Waals surface area contributed by atoms with Crippen LogP contribution in [-0.2, 0) is 0 Å². The number of pyridine rings is 1. The Morgan fingerprint density at radius 3 is 2.67 bits per heavy atom. The van der Waals surface area contributed by atoms with E-state index in [0.29, 0.717) is 11.5 Å². The number of nitrogens with two attached hydrogens (primary N) is 1. The molecule has 21 heavy (non-hydrogen) atoms. The lowest BCUT2D eigenvalue weighted by Crippen LogP contribution is -2.10. The standard InChI is InChI=1S/C13H16N6O2/c1-18(2)10-5-3-4-9(8-10)15-13-11(19(20)21)6-7-12(16-13)17-14/h3-8H,14H2,1-2H3,(H2,15,16,17). The van der Waals surface area contributed by atoms with Crippen LogP contribution in [0.15, 0.2) is 36.4 Å². The van der Waals surface area contributed by atoms with Crippen LogP contribution in [0.25, 0.3) is 0 Å². The molecule has 0 aliphatic carbocycles. The third-order valence-electron chi connectivity index (χ3n) is 2.84. The maximum atomic E-state index is 11.1. The Labute approximate surface area is 121 Å². The van der Waals surface area contributed by atoms with Crippen LogP contribution < -0.4 is 21.5 Å². The highest BCUT2D eigenvalue weighted by Crippen LogP contribution is 2.28. The van der Waals surface area contributed by atoms with Gasteiger partial charge in [-0.25, -0.2) is 10.8 Å². The second-order valence-electron chi connectivity index (χ2n) is 4.54. The molecule has 8 nitrogen and oxygen atoms in total. The molecule has 2 rings (SSSR count). The molecule has 4 N–H and O–H groups in total. The van der Waals surface area contributed by atoms with Crippen molar-refractivity contribution in [1.82, 2.24) is 4.98 Å². The van der Waals surface area contributed by atoms with Crippen LogP contribution >= 0.6 is 0 Å². The molecule has 8 heteroatoms. The van der Waals surface area contributed by atoms with E-state index in [2.05, 4.69) is 15.7 Å². The molecule has 1 aromatic carbocycles. The number of hydrogen-bond acceptors (Lipinski definition) is 7. The van der Waals surface area contributed by atoms with E-state index in [-0.39, 0.29) is 11.5 Å². The predicted molar refractivity (Wildman–Crippen MR) is 82.8 cm³/mol. The molecule has 0 saturated carbocycles. The lowest BCUT2D eigenvalue weighted by atomic mass is 10.2. The Morgan fingerprint density at radius 1 is 1.29 bits per heavy atom. The molecule has 0 unspecified atom stereocenters. The number of anilines is 4. The maximum absolute atomic E-state index is 11.1. The third kappa shape index (κ3) is 3.37. The van der Waals surface area contributed by atoms with Crippen molar-refractivity contribution in [3.8, 4) is 0 Å². The molecule has 0 aliphatic rings. The number of nitrogens with zero attached hydrogens (tertiary/aromatic N) is 3. The number of nitrogen functional groups attached to an aromatic ring is 1. The van der Waals surface area contributed by atoms with Crippen LogP contribution in [0, 0.1) is 10.1 Å². The lowest BCUT2D eigenvalue weighted by Gasteiger charge is -2.14. The first-order chi connectivity index (χ1) is 10.0. The van der Waals surface area contributed by atoms with Crippen LogP contribution in [0.2, 0.25) is 0 Å². The van der Waals surface area contributed by atoms with E-state index < -0.39 is 4.92 Å². The van der Waals surface area contributed by atoms with Gasteiger partial charge in [-0.3, -0.25) is 10.1 Å². The first-order valence-electron chi connectivity index (χ1n) is 6.17. The van der Waals surface area contributed by atoms with Gasteiger partial charge in [-0.15, -0.1) is 0 Å². The molecule has 0 amide bonds. The summed E-state index contributed by atoms with van der Waals surface area (Å²) in [6.07, 6.45) is 0. The van der Waals surface area contributed by atoms with Crippen LogP contribution in [0.4, 0.5) is 28.7 Å². The van der Waals surface area contributed by atoms with Gasteiger partial charge in [-0.2, -0.15) is 0 Å². The minimum absolute atomic E-state index is 0.121. The maximum Gasteiger partial charge on any atom is 0.311 e. The Morgan fingerprint density at radius 2 is 2.05 bits per heavy atom. The summed E-state index contributed by atoms with van der Waals surface area (Å²) >= 11 is 0. The van der Waals surface area contributed by atoms with Crippen molar-refractivity contribution < 1.29 is 4.92 Å². The molecule has 0 radical (unpaired) electrons. The number of aromatic nitrogens is 1. The summed E-state index contributed by atoms with van der Waals surface area (Å²) in [6, 6.07) is 10.3. The second-order valence-corrected chi connectivity index (χ2v) is 4.54. The van der Waals surface area contributed by atoms with Crippen LogP contribution in [0.5, 0.6) is 0 Å². The molecule has 0 spiro atoms. The predicted octanol–water partition coefficient (Wildman–Crippen LogP) is 2.08. The van der Waals surface area contributed by atoms with Gasteiger partial charge >= 0.3 is 5.69 Å². The zero-order valence-corrected chi connectivity index (χ0v) is 11.7. The molecule has 1 heterocycles. The first-order valence-corrected chi connectivity index (χ1v) is 6.17. The van der Waals surface area contributed by atoms with Gasteiger partial charge in [0.15, 0.2) is 0 Å². The van der Waals surface area contributed by atoms with Crippen molar-refractivity contribution >= 4 is 28.7 Å². The van der Waals surface area contributed by atoms with Crippen molar-refractivity contribution in [2.75, 3.05) is 29.7 Å². The Kier molecular flexibility index (Phi) is 4.19. The van der Waals surface area contributed by atoms with Crippen molar-refractivity contribution in [2.24, 2.45) is 5.84 Å². The number of nitro groups is 1. The average molecular weight is 288 g/mol. The van der Waals surface area contributed by atoms with E-state index in [9.17, 15) is 10.1 Å². The topological polar surface area (TPSA) is 109 Å². The fraction of sp³-hybridized carbons (Fsp3) is 0.154. The summed E-state index contributed by atoms with van der Waals surface area (Å²) in [5, 5.41) is 14.0. The highest BCUT2D eigenvalue weighted by Gasteiger charge is 2.16. The van der Waals surface area contributed by atoms with Gasteiger partial charge in [0.1, 0.15) is 5.82 Å². The highest BCUT2D eigenvalue weighted by atomic mass is 16.6. The van der Waals surface area contributed by atoms with E-state index >= 15 is 0 Å². The number of hydrogen-bond donors (Lipinski definition) is 3. The molecular weight excluding hydrogens is 272 g/mol. The van der Waals surface area contributed by atoms with Crippen molar-refractivity contribution in [3.05, 3.63) is 46.5 Å². The first kappa shape index (κ1) is 14.5. The summed E-state index contributed by atoms with van der Waals surface area (Å²) in [5.41, 5.74) is 3.91. The number of hydrazine groups is 1. The highest BCUT2D eigenvalue weighted by molar-refractivity contribution is 5.70. The van der Waals surface area contributed by atoms with Gasteiger partial charge in [0, 0.05) is 31.5 Å². The normalized spacial score (nSPS) is 10.0. The van der Waals surface area contributed by atoms with E-state index in [1.807, 2.05) is 37.2 Å². The molecule has 0 bridgehead atoms.